The zero-order valence-electron chi connectivity index (χ0n) is 6.48. The number of hydrogen-bond acceptors (Lipinski definition) is 4. The van der Waals surface area contributed by atoms with Crippen molar-refractivity contribution in [1.82, 2.24) is 0 Å². The van der Waals surface area contributed by atoms with E-state index in [1.807, 2.05) is 0 Å². The van der Waals surface area contributed by atoms with Crippen LogP contribution in [0.25, 0.3) is 0 Å². The van der Waals surface area contributed by atoms with Crippen LogP contribution in [0.2, 0.25) is 0 Å². The molecule has 0 aromatic rings. The molecule has 7 heteroatoms. The Balaban J connectivity index is -0.000000140. The van der Waals surface area contributed by atoms with Crippen LogP contribution in [0.1, 0.15) is 13.3 Å². The topological polar surface area (TPSA) is 57.2 Å². The van der Waals surface area contributed by atoms with E-state index in [4.69, 9.17) is 0 Å². The second-order valence-corrected chi connectivity index (χ2v) is 3.73. The molecule has 0 amide bonds. The molecule has 0 rings (SSSR count). The first-order valence-corrected chi connectivity index (χ1v) is 5.05. The molecule has 0 bridgehead atoms. The third-order valence-electron chi connectivity index (χ3n) is 0.454. The molecule has 0 saturated heterocycles. The van der Waals surface area contributed by atoms with Crippen LogP contribution in [-0.4, -0.2) is 23.4 Å². The van der Waals surface area contributed by atoms with Crippen LogP contribution >= 0.6 is 24.8 Å². The summed E-state index contributed by atoms with van der Waals surface area (Å²) in [5.41, 5.74) is 0. The number of thiocarbonyl (C=S) groups is 1. The molecule has 0 N–H and O–H groups in total. The van der Waals surface area contributed by atoms with Crippen molar-refractivity contribution in [3.8, 4) is 0 Å². The second kappa shape index (κ2) is 11.4. The molecule has 0 heterocycles. The van der Waals surface area contributed by atoms with Gasteiger partial charge in [-0.15, -0.1) is 12.6 Å². The molecule has 3 nitrogen and oxygen atoms in total. The van der Waals surface area contributed by atoms with Crippen LogP contribution in [0.3, 0.4) is 0 Å². The molecule has 0 unspecified atom stereocenters. The fourth-order valence-corrected chi connectivity index (χ4v) is 0.750. The van der Waals surface area contributed by atoms with Gasteiger partial charge in [0.25, 0.3) is 0 Å². The van der Waals surface area contributed by atoms with E-state index in [0.29, 0.717) is 6.42 Å². The Bertz CT molecular complexity index is 165. The van der Waals surface area contributed by atoms with Gasteiger partial charge in [0.05, 0.1) is 10.1 Å². The normalized spacial score (nSPS) is 8.64. The van der Waals surface area contributed by atoms with Gasteiger partial charge in [0, 0.05) is 10.5 Å². The van der Waals surface area contributed by atoms with Crippen molar-refractivity contribution in [3.05, 3.63) is 0 Å². The van der Waals surface area contributed by atoms with Crippen LogP contribution in [0.4, 0.5) is 0 Å². The largest absolute Gasteiger partial charge is 1.00 e. The van der Waals surface area contributed by atoms with E-state index in [0.717, 1.165) is 0 Å². The van der Waals surface area contributed by atoms with Crippen molar-refractivity contribution in [3.63, 3.8) is 0 Å². The van der Waals surface area contributed by atoms with Crippen molar-refractivity contribution in [2.24, 2.45) is 0 Å². The summed E-state index contributed by atoms with van der Waals surface area (Å²) in [5, 5.41) is 0. The molecule has 0 atom stereocenters. The molecule has 0 aromatic carbocycles. The van der Waals surface area contributed by atoms with Gasteiger partial charge in [-0.05, 0) is 6.42 Å². The predicted octanol–water partition coefficient (Wildman–Crippen LogP) is -2.18. The van der Waals surface area contributed by atoms with E-state index in [1.54, 1.807) is 6.92 Å². The average molecular weight is 224 g/mol. The Morgan fingerprint density at radius 1 is 1.64 bits per heavy atom. The maximum absolute atomic E-state index is 9.68. The molecule has 0 saturated carbocycles. The molecule has 11 heavy (non-hydrogen) atoms. The fraction of sp³-hybridized carbons (Fsp3) is 0.750. The first-order valence-electron chi connectivity index (χ1n) is 2.49. The molecule has 62 valence electrons. The number of thiol groups is 1. The first-order chi connectivity index (χ1) is 4.47. The summed E-state index contributed by atoms with van der Waals surface area (Å²) in [7, 11) is -3.92. The standard InChI is InChI=1S/C3H8O3S.CH2S2.Na/c1-2-3-7(4,5)6;2-1-3;/h2-3H2,1H3,(H,4,5,6);1H,(H,2,3);/q;;+1/p-1. The molecule has 0 aliphatic heterocycles. The Morgan fingerprint density at radius 2 is 1.91 bits per heavy atom. The number of hydrogen-bond donors (Lipinski definition) is 1. The molecule has 0 fully saturated rings. The maximum atomic E-state index is 9.68. The van der Waals surface area contributed by atoms with Gasteiger partial charge in [-0.1, -0.05) is 19.1 Å². The Labute approximate surface area is 100 Å². The second-order valence-electron chi connectivity index (χ2n) is 1.37. The molecule has 0 aliphatic carbocycles. The van der Waals surface area contributed by atoms with Gasteiger partial charge in [0.1, 0.15) is 0 Å². The van der Waals surface area contributed by atoms with Gasteiger partial charge in [0.15, 0.2) is 0 Å². The van der Waals surface area contributed by atoms with Gasteiger partial charge in [0.2, 0.25) is 0 Å². The van der Waals surface area contributed by atoms with Crippen molar-refractivity contribution in [1.29, 1.82) is 0 Å². The molecule has 0 radical (unpaired) electrons. The SMILES string of the molecule is CCCS(=O)(=O)[O-].S=CS.[Na+]. The minimum Gasteiger partial charge on any atom is -0.748 e. The van der Waals surface area contributed by atoms with Crippen molar-refractivity contribution in [2.45, 2.75) is 13.3 Å². The average Bonchev–Trinajstić information content (AvgIpc) is 1.63. The van der Waals surface area contributed by atoms with Gasteiger partial charge in [-0.2, -0.15) is 0 Å². The summed E-state index contributed by atoms with van der Waals surface area (Å²) in [6.07, 6.45) is 0.409. The van der Waals surface area contributed by atoms with E-state index < -0.39 is 10.1 Å². The summed E-state index contributed by atoms with van der Waals surface area (Å²) < 4.78 is 30.3. The molecule has 0 aliphatic rings. The van der Waals surface area contributed by atoms with E-state index in [9.17, 15) is 13.0 Å². The Hall–Kier alpha value is 1.35. The maximum Gasteiger partial charge on any atom is 1.00 e. The Kier molecular flexibility index (Phi) is 18.8. The number of rotatable bonds is 2. The summed E-state index contributed by atoms with van der Waals surface area (Å²) in [6, 6.07) is 0. The third kappa shape index (κ3) is 34.7. The zero-order chi connectivity index (χ0) is 8.62. The van der Waals surface area contributed by atoms with E-state index in [1.165, 1.54) is 4.70 Å². The van der Waals surface area contributed by atoms with Crippen molar-refractivity contribution < 1.29 is 42.5 Å². The fourth-order valence-electron chi connectivity index (χ4n) is 0.250. The molecule has 0 aromatic heterocycles. The van der Waals surface area contributed by atoms with Gasteiger partial charge >= 0.3 is 29.6 Å². The smallest absolute Gasteiger partial charge is 0.748 e. The van der Waals surface area contributed by atoms with Gasteiger partial charge in [-0.3, -0.25) is 0 Å². The monoisotopic (exact) mass is 224 g/mol. The van der Waals surface area contributed by atoms with Crippen LogP contribution in [0.15, 0.2) is 0 Å². The van der Waals surface area contributed by atoms with Crippen LogP contribution in [0, 0.1) is 0 Å². The minimum absolute atomic E-state index is 0. The van der Waals surface area contributed by atoms with E-state index >= 15 is 0 Å². The summed E-state index contributed by atoms with van der Waals surface area (Å²) >= 11 is 7.61. The van der Waals surface area contributed by atoms with E-state index in [-0.39, 0.29) is 35.3 Å². The predicted molar refractivity (Wildman–Crippen MR) is 47.5 cm³/mol. The summed E-state index contributed by atoms with van der Waals surface area (Å²) in [4.78, 5) is 0. The molecular weight excluding hydrogens is 215 g/mol. The van der Waals surface area contributed by atoms with Crippen LogP contribution in [0.5, 0.6) is 0 Å². The van der Waals surface area contributed by atoms with Crippen LogP contribution in [-0.2, 0) is 10.1 Å². The molecule has 0 spiro atoms. The van der Waals surface area contributed by atoms with Gasteiger partial charge in [-0.25, -0.2) is 8.42 Å². The van der Waals surface area contributed by atoms with Crippen molar-refractivity contribution >= 4 is 39.7 Å². The van der Waals surface area contributed by atoms with Gasteiger partial charge < -0.3 is 4.55 Å². The zero-order valence-corrected chi connectivity index (χ0v) is 11.0. The van der Waals surface area contributed by atoms with Crippen molar-refractivity contribution in [2.75, 3.05) is 5.75 Å². The quantitative estimate of drug-likeness (QED) is 0.251. The molecular formula is C4H9NaO3S3. The summed E-state index contributed by atoms with van der Waals surface area (Å²) in [5.74, 6) is -0.243. The van der Waals surface area contributed by atoms with Crippen LogP contribution < -0.4 is 29.6 Å². The first kappa shape index (κ1) is 18.2. The Morgan fingerprint density at radius 3 is 1.91 bits per heavy atom. The third-order valence-corrected chi connectivity index (χ3v) is 1.36. The summed E-state index contributed by atoms with van der Waals surface area (Å²) in [6.45, 7) is 1.65. The minimum atomic E-state index is -3.92. The van der Waals surface area contributed by atoms with E-state index in [2.05, 4.69) is 24.8 Å².